The maximum atomic E-state index is 12.7. The van der Waals surface area contributed by atoms with Crippen LogP contribution in [0.25, 0.3) is 10.8 Å². The molecule has 0 saturated heterocycles. The van der Waals surface area contributed by atoms with E-state index in [1.165, 1.54) is 4.68 Å². The minimum absolute atomic E-state index is 0.160. The highest BCUT2D eigenvalue weighted by Crippen LogP contribution is 2.17. The minimum atomic E-state index is -0.530. The molecule has 0 bridgehead atoms. The van der Waals surface area contributed by atoms with E-state index in [4.69, 9.17) is 4.74 Å². The van der Waals surface area contributed by atoms with Gasteiger partial charge in [-0.25, -0.2) is 9.48 Å². The number of benzene rings is 2. The second-order valence-corrected chi connectivity index (χ2v) is 7.58. The highest BCUT2D eigenvalue weighted by Gasteiger charge is 2.18. The first-order valence-corrected chi connectivity index (χ1v) is 10.0. The summed E-state index contributed by atoms with van der Waals surface area (Å²) in [7, 11) is 0. The molecule has 0 saturated carbocycles. The van der Waals surface area contributed by atoms with E-state index in [1.807, 2.05) is 44.4 Å². The van der Waals surface area contributed by atoms with E-state index in [2.05, 4.69) is 5.10 Å². The standard InChI is InChI=1S/C21H22N2O3S/c1-14(2)12-23-20(24)18-7-5-4-6-17(18)19(22-23)21(25)26-13-15-8-10-16(27-3)11-9-15/h4-11,14H,12-13H2,1-3H3. The number of thioether (sulfide) groups is 1. The molecule has 0 aliphatic carbocycles. The molecule has 3 rings (SSSR count). The topological polar surface area (TPSA) is 61.2 Å². The zero-order valence-corrected chi connectivity index (χ0v) is 16.5. The Balaban J connectivity index is 1.90. The quantitative estimate of drug-likeness (QED) is 0.474. The molecule has 0 fully saturated rings. The largest absolute Gasteiger partial charge is 0.456 e. The molecule has 0 aliphatic rings. The number of hydrogen-bond donors (Lipinski definition) is 0. The zero-order valence-electron chi connectivity index (χ0n) is 15.6. The summed E-state index contributed by atoms with van der Waals surface area (Å²) in [6, 6.07) is 14.9. The van der Waals surface area contributed by atoms with Gasteiger partial charge in [0, 0.05) is 16.8 Å². The van der Waals surface area contributed by atoms with Crippen LogP contribution in [0.3, 0.4) is 0 Å². The maximum Gasteiger partial charge on any atom is 0.359 e. The van der Waals surface area contributed by atoms with Crippen LogP contribution in [0.4, 0.5) is 0 Å². The van der Waals surface area contributed by atoms with E-state index in [0.29, 0.717) is 17.3 Å². The first-order valence-electron chi connectivity index (χ1n) is 8.79. The second-order valence-electron chi connectivity index (χ2n) is 6.70. The predicted octanol–water partition coefficient (Wildman–Crippen LogP) is 4.13. The Kier molecular flexibility index (Phi) is 5.96. The summed E-state index contributed by atoms with van der Waals surface area (Å²) in [5.74, 6) is -0.298. The second kappa shape index (κ2) is 8.39. The van der Waals surface area contributed by atoms with Crippen molar-refractivity contribution in [2.24, 2.45) is 5.92 Å². The fraction of sp³-hybridized carbons (Fsp3) is 0.286. The minimum Gasteiger partial charge on any atom is -0.456 e. The van der Waals surface area contributed by atoms with Gasteiger partial charge in [0.15, 0.2) is 5.69 Å². The Morgan fingerprint density at radius 3 is 2.41 bits per heavy atom. The molecule has 0 spiro atoms. The van der Waals surface area contributed by atoms with Gasteiger partial charge < -0.3 is 4.74 Å². The molecule has 1 heterocycles. The number of carbonyl (C=O) groups excluding carboxylic acids is 1. The van der Waals surface area contributed by atoms with Crippen LogP contribution < -0.4 is 5.56 Å². The molecular formula is C21H22N2O3S. The molecule has 140 valence electrons. The maximum absolute atomic E-state index is 12.7. The van der Waals surface area contributed by atoms with Gasteiger partial charge in [-0.2, -0.15) is 5.10 Å². The molecule has 6 heteroatoms. The number of hydrogen-bond acceptors (Lipinski definition) is 5. The molecule has 0 amide bonds. The fourth-order valence-corrected chi connectivity index (χ4v) is 3.20. The van der Waals surface area contributed by atoms with Gasteiger partial charge in [-0.05, 0) is 35.9 Å². The summed E-state index contributed by atoms with van der Waals surface area (Å²) in [6.07, 6.45) is 2.01. The monoisotopic (exact) mass is 382 g/mol. The third-order valence-electron chi connectivity index (χ3n) is 4.13. The van der Waals surface area contributed by atoms with Crippen molar-refractivity contribution in [2.45, 2.75) is 31.9 Å². The van der Waals surface area contributed by atoms with E-state index < -0.39 is 5.97 Å². The van der Waals surface area contributed by atoms with Crippen molar-refractivity contribution in [2.75, 3.05) is 6.26 Å². The van der Waals surface area contributed by atoms with Crippen molar-refractivity contribution in [3.8, 4) is 0 Å². The SMILES string of the molecule is CSc1ccc(COC(=O)c2nn(CC(C)C)c(=O)c3ccccc23)cc1. The summed E-state index contributed by atoms with van der Waals surface area (Å²) in [5.41, 5.74) is 0.885. The highest BCUT2D eigenvalue weighted by atomic mass is 32.2. The van der Waals surface area contributed by atoms with Gasteiger partial charge in [-0.3, -0.25) is 4.79 Å². The summed E-state index contributed by atoms with van der Waals surface area (Å²) in [4.78, 5) is 26.5. The van der Waals surface area contributed by atoms with Crippen LogP contribution in [0.5, 0.6) is 0 Å². The van der Waals surface area contributed by atoms with Crippen molar-refractivity contribution in [3.05, 3.63) is 70.1 Å². The number of ether oxygens (including phenoxy) is 1. The van der Waals surface area contributed by atoms with E-state index in [1.54, 1.807) is 36.0 Å². The van der Waals surface area contributed by atoms with Crippen molar-refractivity contribution >= 4 is 28.5 Å². The molecule has 0 atom stereocenters. The van der Waals surface area contributed by atoms with E-state index >= 15 is 0 Å². The van der Waals surface area contributed by atoms with Crippen molar-refractivity contribution < 1.29 is 9.53 Å². The number of esters is 1. The lowest BCUT2D eigenvalue weighted by atomic mass is 10.1. The lowest BCUT2D eigenvalue weighted by molar-refractivity contribution is 0.0465. The lowest BCUT2D eigenvalue weighted by Gasteiger charge is -2.12. The van der Waals surface area contributed by atoms with E-state index in [9.17, 15) is 9.59 Å². The number of fused-ring (bicyclic) bond motifs is 1. The van der Waals surface area contributed by atoms with Gasteiger partial charge in [-0.1, -0.05) is 44.2 Å². The van der Waals surface area contributed by atoms with Crippen molar-refractivity contribution in [1.82, 2.24) is 9.78 Å². The Morgan fingerprint density at radius 2 is 1.78 bits per heavy atom. The van der Waals surface area contributed by atoms with E-state index in [0.717, 1.165) is 10.5 Å². The number of carbonyl (C=O) groups is 1. The van der Waals surface area contributed by atoms with Gasteiger partial charge in [0.2, 0.25) is 0 Å². The molecule has 27 heavy (non-hydrogen) atoms. The lowest BCUT2D eigenvalue weighted by Crippen LogP contribution is -2.28. The Hall–Kier alpha value is -2.60. The third-order valence-corrected chi connectivity index (χ3v) is 4.87. The summed E-state index contributed by atoms with van der Waals surface area (Å²) >= 11 is 1.66. The predicted molar refractivity (Wildman–Crippen MR) is 108 cm³/mol. The molecule has 0 unspecified atom stereocenters. The van der Waals surface area contributed by atoms with Gasteiger partial charge in [0.25, 0.3) is 5.56 Å². The number of aromatic nitrogens is 2. The molecule has 1 aromatic heterocycles. The van der Waals surface area contributed by atoms with E-state index in [-0.39, 0.29) is 23.8 Å². The third kappa shape index (κ3) is 4.39. The van der Waals surface area contributed by atoms with Crippen molar-refractivity contribution in [3.63, 3.8) is 0 Å². The summed E-state index contributed by atoms with van der Waals surface area (Å²) < 4.78 is 6.83. The normalized spacial score (nSPS) is 11.1. The summed E-state index contributed by atoms with van der Waals surface area (Å²) in [6.45, 7) is 4.60. The molecule has 5 nitrogen and oxygen atoms in total. The molecule has 0 aliphatic heterocycles. The van der Waals surface area contributed by atoms with Crippen molar-refractivity contribution in [1.29, 1.82) is 0 Å². The van der Waals surface area contributed by atoms with Gasteiger partial charge in [0.05, 0.1) is 5.39 Å². The van der Waals surface area contributed by atoms with Crippen LogP contribution in [-0.2, 0) is 17.9 Å². The Morgan fingerprint density at radius 1 is 1.11 bits per heavy atom. The Labute approximate surface area is 162 Å². The molecular weight excluding hydrogens is 360 g/mol. The molecule has 2 aromatic carbocycles. The van der Waals surface area contributed by atoms with Crippen LogP contribution in [0.1, 0.15) is 29.9 Å². The first kappa shape index (κ1) is 19.2. The fourth-order valence-electron chi connectivity index (χ4n) is 2.79. The average molecular weight is 382 g/mol. The van der Waals surface area contributed by atoms with Crippen LogP contribution in [-0.4, -0.2) is 22.0 Å². The van der Waals surface area contributed by atoms with Gasteiger partial charge >= 0.3 is 5.97 Å². The smallest absolute Gasteiger partial charge is 0.359 e. The Bertz CT molecular complexity index is 1010. The molecule has 0 radical (unpaired) electrons. The van der Waals surface area contributed by atoms with Crippen LogP contribution in [0, 0.1) is 5.92 Å². The van der Waals surface area contributed by atoms with Gasteiger partial charge in [0.1, 0.15) is 6.61 Å². The average Bonchev–Trinajstić information content (AvgIpc) is 2.68. The zero-order chi connectivity index (χ0) is 19.4. The highest BCUT2D eigenvalue weighted by molar-refractivity contribution is 7.98. The van der Waals surface area contributed by atoms with Crippen LogP contribution >= 0.6 is 11.8 Å². The number of nitrogens with zero attached hydrogens (tertiary/aromatic N) is 2. The van der Waals surface area contributed by atoms with Crippen LogP contribution in [0.15, 0.2) is 58.2 Å². The van der Waals surface area contributed by atoms with Gasteiger partial charge in [-0.15, -0.1) is 11.8 Å². The first-order chi connectivity index (χ1) is 13.0. The molecule has 0 N–H and O–H groups in total. The van der Waals surface area contributed by atoms with Crippen LogP contribution in [0.2, 0.25) is 0 Å². The number of rotatable bonds is 6. The molecule has 3 aromatic rings. The summed E-state index contributed by atoms with van der Waals surface area (Å²) in [5, 5.41) is 5.30.